The van der Waals surface area contributed by atoms with Crippen molar-refractivity contribution in [2.24, 2.45) is 13.0 Å². The molecule has 0 fully saturated rings. The molecule has 0 bridgehead atoms. The van der Waals surface area contributed by atoms with Gasteiger partial charge in [-0.15, -0.1) is 5.10 Å². The summed E-state index contributed by atoms with van der Waals surface area (Å²) >= 11 is 0. The predicted octanol–water partition coefficient (Wildman–Crippen LogP) is 1.45. The molecule has 118 valence electrons. The Bertz CT molecular complexity index is 636. The molecule has 1 aromatic carbocycles. The van der Waals surface area contributed by atoms with Crippen LogP contribution in [0.4, 0.5) is 5.69 Å². The van der Waals surface area contributed by atoms with Gasteiger partial charge in [-0.2, -0.15) is 0 Å². The minimum absolute atomic E-state index is 0.0214. The maximum Gasteiger partial charge on any atom is 0.239 e. The third kappa shape index (κ3) is 4.03. The van der Waals surface area contributed by atoms with E-state index in [1.54, 1.807) is 11.7 Å². The summed E-state index contributed by atoms with van der Waals surface area (Å²) in [4.78, 5) is 11.9. The molecule has 0 aliphatic rings. The number of carbonyl (C=O) groups excluding carboxylic acids is 1. The van der Waals surface area contributed by atoms with Crippen molar-refractivity contribution in [3.05, 3.63) is 24.3 Å². The van der Waals surface area contributed by atoms with Crippen molar-refractivity contribution < 1.29 is 4.79 Å². The standard InChI is InChI=1S/C15H22N6O/c1-10(2)11(3)17-14(22)9-16-13-7-5-6-12(8-13)15-18-19-20-21(15)4/h5-8,10-11,16H,9H2,1-4H3,(H,17,22)/t11-/m1/s1. The molecule has 22 heavy (non-hydrogen) atoms. The second-order valence-corrected chi connectivity index (χ2v) is 5.66. The smallest absolute Gasteiger partial charge is 0.239 e. The predicted molar refractivity (Wildman–Crippen MR) is 85.2 cm³/mol. The first-order chi connectivity index (χ1) is 10.5. The quantitative estimate of drug-likeness (QED) is 0.843. The fraction of sp³-hybridized carbons (Fsp3) is 0.467. The summed E-state index contributed by atoms with van der Waals surface area (Å²) in [5.74, 6) is 1.07. The van der Waals surface area contributed by atoms with Crippen LogP contribution in [0.2, 0.25) is 0 Å². The van der Waals surface area contributed by atoms with Crippen LogP contribution in [0.15, 0.2) is 24.3 Å². The first-order valence-corrected chi connectivity index (χ1v) is 7.33. The average Bonchev–Trinajstić information content (AvgIpc) is 2.91. The van der Waals surface area contributed by atoms with Crippen LogP contribution in [0.5, 0.6) is 0 Å². The summed E-state index contributed by atoms with van der Waals surface area (Å²) in [6.07, 6.45) is 0. The number of amides is 1. The van der Waals surface area contributed by atoms with Gasteiger partial charge in [0, 0.05) is 24.3 Å². The second-order valence-electron chi connectivity index (χ2n) is 5.66. The van der Waals surface area contributed by atoms with Gasteiger partial charge >= 0.3 is 0 Å². The van der Waals surface area contributed by atoms with E-state index in [1.807, 2.05) is 31.2 Å². The average molecular weight is 302 g/mol. The molecule has 2 rings (SSSR count). The lowest BCUT2D eigenvalue weighted by Gasteiger charge is -2.17. The molecule has 2 N–H and O–H groups in total. The molecule has 1 aromatic heterocycles. The van der Waals surface area contributed by atoms with Gasteiger partial charge in [-0.3, -0.25) is 4.79 Å². The van der Waals surface area contributed by atoms with Crippen LogP contribution in [-0.2, 0) is 11.8 Å². The van der Waals surface area contributed by atoms with Gasteiger partial charge in [0.05, 0.1) is 6.54 Å². The Morgan fingerprint density at radius 3 is 2.73 bits per heavy atom. The zero-order valence-corrected chi connectivity index (χ0v) is 13.4. The van der Waals surface area contributed by atoms with Gasteiger partial charge in [-0.25, -0.2) is 4.68 Å². The van der Waals surface area contributed by atoms with Crippen LogP contribution in [0.3, 0.4) is 0 Å². The SMILES string of the molecule is CC(C)[C@@H](C)NC(=O)CNc1cccc(-c2nnnn2C)c1. The topological polar surface area (TPSA) is 84.7 Å². The molecule has 0 spiro atoms. The maximum atomic E-state index is 11.9. The van der Waals surface area contributed by atoms with Gasteiger partial charge in [-0.1, -0.05) is 26.0 Å². The molecular formula is C15H22N6O. The minimum Gasteiger partial charge on any atom is -0.376 e. The number of nitrogens with zero attached hydrogens (tertiary/aromatic N) is 4. The van der Waals surface area contributed by atoms with Crippen molar-refractivity contribution in [1.82, 2.24) is 25.5 Å². The molecule has 0 saturated carbocycles. The third-order valence-electron chi connectivity index (χ3n) is 3.58. The van der Waals surface area contributed by atoms with E-state index >= 15 is 0 Å². The summed E-state index contributed by atoms with van der Waals surface area (Å²) in [6, 6.07) is 7.82. The number of carbonyl (C=O) groups is 1. The summed E-state index contributed by atoms with van der Waals surface area (Å²) in [6.45, 7) is 6.40. The van der Waals surface area contributed by atoms with Gasteiger partial charge in [0.25, 0.3) is 0 Å². The lowest BCUT2D eigenvalue weighted by Crippen LogP contribution is -2.39. The molecule has 1 atom stereocenters. The molecule has 1 amide bonds. The summed E-state index contributed by atoms with van der Waals surface area (Å²) in [7, 11) is 1.79. The monoisotopic (exact) mass is 302 g/mol. The molecule has 0 saturated heterocycles. The van der Waals surface area contributed by atoms with Gasteiger partial charge in [-0.05, 0) is 35.4 Å². The summed E-state index contributed by atoms with van der Waals surface area (Å²) < 4.78 is 1.61. The van der Waals surface area contributed by atoms with Gasteiger partial charge < -0.3 is 10.6 Å². The van der Waals surface area contributed by atoms with E-state index in [0.717, 1.165) is 11.3 Å². The Balaban J connectivity index is 1.97. The van der Waals surface area contributed by atoms with Crippen molar-refractivity contribution in [1.29, 1.82) is 0 Å². The number of hydrogen-bond donors (Lipinski definition) is 2. The lowest BCUT2D eigenvalue weighted by molar-refractivity contribution is -0.120. The zero-order valence-electron chi connectivity index (χ0n) is 13.4. The van der Waals surface area contributed by atoms with Crippen molar-refractivity contribution in [2.45, 2.75) is 26.8 Å². The fourth-order valence-corrected chi connectivity index (χ4v) is 1.90. The zero-order chi connectivity index (χ0) is 16.1. The van der Waals surface area contributed by atoms with Crippen LogP contribution >= 0.6 is 0 Å². The summed E-state index contributed by atoms with van der Waals surface area (Å²) in [5.41, 5.74) is 1.75. The first-order valence-electron chi connectivity index (χ1n) is 7.33. The Labute approximate surface area is 130 Å². The highest BCUT2D eigenvalue weighted by Gasteiger charge is 2.11. The van der Waals surface area contributed by atoms with E-state index in [4.69, 9.17) is 0 Å². The summed E-state index contributed by atoms with van der Waals surface area (Å²) in [5, 5.41) is 17.5. The number of aryl methyl sites for hydroxylation is 1. The molecule has 0 unspecified atom stereocenters. The number of aromatic nitrogens is 4. The lowest BCUT2D eigenvalue weighted by atomic mass is 10.1. The molecule has 0 radical (unpaired) electrons. The highest BCUT2D eigenvalue weighted by Crippen LogP contribution is 2.19. The molecule has 7 heteroatoms. The Morgan fingerprint density at radius 1 is 1.32 bits per heavy atom. The van der Waals surface area contributed by atoms with Crippen molar-refractivity contribution in [2.75, 3.05) is 11.9 Å². The largest absolute Gasteiger partial charge is 0.376 e. The molecular weight excluding hydrogens is 280 g/mol. The highest BCUT2D eigenvalue weighted by atomic mass is 16.1. The molecule has 0 aliphatic heterocycles. The normalized spacial score (nSPS) is 12.2. The second kappa shape index (κ2) is 7.02. The van der Waals surface area contributed by atoms with Crippen LogP contribution in [-0.4, -0.2) is 38.7 Å². The Kier molecular flexibility index (Phi) is 5.08. The number of rotatable bonds is 6. The van der Waals surface area contributed by atoms with Gasteiger partial charge in [0.15, 0.2) is 5.82 Å². The van der Waals surface area contributed by atoms with Crippen molar-refractivity contribution in [3.63, 3.8) is 0 Å². The van der Waals surface area contributed by atoms with E-state index in [2.05, 4.69) is 40.0 Å². The first kappa shape index (κ1) is 15.9. The molecule has 0 aliphatic carbocycles. The van der Waals surface area contributed by atoms with E-state index in [1.165, 1.54) is 0 Å². The van der Waals surface area contributed by atoms with E-state index < -0.39 is 0 Å². The molecule has 2 aromatic rings. The van der Waals surface area contributed by atoms with Crippen LogP contribution < -0.4 is 10.6 Å². The van der Waals surface area contributed by atoms with Crippen molar-refractivity contribution >= 4 is 11.6 Å². The fourth-order valence-electron chi connectivity index (χ4n) is 1.90. The Hall–Kier alpha value is -2.44. The number of anilines is 1. The van der Waals surface area contributed by atoms with Gasteiger partial charge in [0.1, 0.15) is 0 Å². The molecule has 7 nitrogen and oxygen atoms in total. The van der Waals surface area contributed by atoms with Gasteiger partial charge in [0.2, 0.25) is 5.91 Å². The van der Waals surface area contributed by atoms with E-state index in [-0.39, 0.29) is 18.5 Å². The third-order valence-corrected chi connectivity index (χ3v) is 3.58. The maximum absolute atomic E-state index is 11.9. The van der Waals surface area contributed by atoms with E-state index in [0.29, 0.717) is 11.7 Å². The van der Waals surface area contributed by atoms with Crippen LogP contribution in [0.1, 0.15) is 20.8 Å². The number of tetrazole rings is 1. The van der Waals surface area contributed by atoms with Crippen molar-refractivity contribution in [3.8, 4) is 11.4 Å². The van der Waals surface area contributed by atoms with Crippen LogP contribution in [0, 0.1) is 5.92 Å². The molecule has 1 heterocycles. The highest BCUT2D eigenvalue weighted by molar-refractivity contribution is 5.81. The number of benzene rings is 1. The number of nitrogens with one attached hydrogen (secondary N) is 2. The minimum atomic E-state index is -0.0214. The number of hydrogen-bond acceptors (Lipinski definition) is 5. The van der Waals surface area contributed by atoms with E-state index in [9.17, 15) is 4.79 Å². The van der Waals surface area contributed by atoms with Crippen LogP contribution in [0.25, 0.3) is 11.4 Å². The Morgan fingerprint density at radius 2 is 2.09 bits per heavy atom.